The largest absolute Gasteiger partial charge is 0.396 e. The first-order valence-electron chi connectivity index (χ1n) is 7.15. The number of carbonyl (C=O) groups is 1. The first-order chi connectivity index (χ1) is 10.5. The molecule has 2 aromatic rings. The Morgan fingerprint density at radius 1 is 1.41 bits per heavy atom. The van der Waals surface area contributed by atoms with Gasteiger partial charge in [0.25, 0.3) is 0 Å². The lowest BCUT2D eigenvalue weighted by Crippen LogP contribution is -2.24. The third kappa shape index (κ3) is 3.94. The van der Waals surface area contributed by atoms with Crippen LogP contribution in [0.5, 0.6) is 0 Å². The molecule has 5 nitrogen and oxygen atoms in total. The minimum absolute atomic E-state index is 0.0386. The van der Waals surface area contributed by atoms with Crippen molar-refractivity contribution in [3.05, 3.63) is 41.9 Å². The van der Waals surface area contributed by atoms with Crippen LogP contribution in [0.15, 0.2) is 30.5 Å². The quantitative estimate of drug-likeness (QED) is 0.606. The van der Waals surface area contributed by atoms with Crippen LogP contribution in [0, 0.1) is 0 Å². The maximum absolute atomic E-state index is 11.5. The summed E-state index contributed by atoms with van der Waals surface area (Å²) in [7, 11) is 1.81. The molecule has 1 aromatic carbocycles. The highest BCUT2D eigenvalue weighted by atomic mass is 35.5. The van der Waals surface area contributed by atoms with Gasteiger partial charge in [0.15, 0.2) is 11.6 Å². The Morgan fingerprint density at radius 3 is 2.59 bits per heavy atom. The fourth-order valence-electron chi connectivity index (χ4n) is 2.38. The Hall–Kier alpha value is -1.69. The summed E-state index contributed by atoms with van der Waals surface area (Å²) in [5, 5.41) is 8.97. The SMILES string of the molecule is CC(=O)c1nc(-c2ccc(C[C@@H](CCO)NCl)cc2)cn1C. The molecule has 0 unspecified atom stereocenters. The summed E-state index contributed by atoms with van der Waals surface area (Å²) >= 11 is 5.67. The van der Waals surface area contributed by atoms with Crippen molar-refractivity contribution in [1.82, 2.24) is 14.4 Å². The van der Waals surface area contributed by atoms with Crippen molar-refractivity contribution in [3.63, 3.8) is 0 Å². The molecule has 2 N–H and O–H groups in total. The van der Waals surface area contributed by atoms with Gasteiger partial charge in [0, 0.05) is 38.4 Å². The van der Waals surface area contributed by atoms with Crippen LogP contribution >= 0.6 is 11.8 Å². The number of nitrogens with zero attached hydrogens (tertiary/aromatic N) is 2. The second-order valence-corrected chi connectivity index (χ2v) is 5.55. The van der Waals surface area contributed by atoms with E-state index < -0.39 is 0 Å². The van der Waals surface area contributed by atoms with Crippen molar-refractivity contribution in [1.29, 1.82) is 0 Å². The van der Waals surface area contributed by atoms with Gasteiger partial charge in [-0.3, -0.25) is 4.79 Å². The van der Waals surface area contributed by atoms with Gasteiger partial charge in [0.1, 0.15) is 0 Å². The normalized spacial score (nSPS) is 12.4. The predicted octanol–water partition coefficient (Wildman–Crippen LogP) is 2.33. The standard InChI is InChI=1S/C16H20ClN3O2/c1-11(22)16-18-15(10-20(16)2)13-5-3-12(4-6-13)9-14(19-17)7-8-21/h3-6,10,14,19,21H,7-9H2,1-2H3/t14-/m1/s1. The third-order valence-electron chi connectivity index (χ3n) is 3.55. The van der Waals surface area contributed by atoms with Crippen LogP contribution in [0.25, 0.3) is 11.3 Å². The highest BCUT2D eigenvalue weighted by Crippen LogP contribution is 2.20. The summed E-state index contributed by atoms with van der Waals surface area (Å²) in [6, 6.07) is 8.01. The number of rotatable bonds is 7. The Bertz CT molecular complexity index is 637. The van der Waals surface area contributed by atoms with Crippen molar-refractivity contribution in [2.45, 2.75) is 25.8 Å². The molecule has 0 aliphatic rings. The minimum atomic E-state index is -0.0506. The molecule has 0 fully saturated rings. The van der Waals surface area contributed by atoms with Crippen molar-refractivity contribution >= 4 is 17.6 Å². The van der Waals surface area contributed by atoms with E-state index in [-0.39, 0.29) is 18.4 Å². The molecule has 118 valence electrons. The molecule has 1 aromatic heterocycles. The van der Waals surface area contributed by atoms with E-state index in [1.54, 1.807) is 4.57 Å². The van der Waals surface area contributed by atoms with E-state index in [1.807, 2.05) is 37.5 Å². The number of aryl methyl sites for hydroxylation is 1. The number of aliphatic hydroxyl groups is 1. The Balaban J connectivity index is 2.15. The van der Waals surface area contributed by atoms with Crippen LogP contribution in [-0.2, 0) is 13.5 Å². The Labute approximate surface area is 135 Å². The van der Waals surface area contributed by atoms with Gasteiger partial charge in [-0.15, -0.1) is 0 Å². The maximum Gasteiger partial charge on any atom is 0.195 e. The molecule has 0 aliphatic carbocycles. The molecular formula is C16H20ClN3O2. The van der Waals surface area contributed by atoms with E-state index in [0.29, 0.717) is 12.2 Å². The zero-order chi connectivity index (χ0) is 16.1. The molecule has 1 atom stereocenters. The molecule has 0 radical (unpaired) electrons. The summed E-state index contributed by atoms with van der Waals surface area (Å²) in [4.78, 5) is 18.5. The summed E-state index contributed by atoms with van der Waals surface area (Å²) in [5.41, 5.74) is 2.86. The van der Waals surface area contributed by atoms with Gasteiger partial charge in [-0.2, -0.15) is 0 Å². The number of imidazole rings is 1. The maximum atomic E-state index is 11.5. The fraction of sp³-hybridized carbons (Fsp3) is 0.375. The number of nitrogens with one attached hydrogen (secondary N) is 1. The Kier molecular flexibility index (Phi) is 5.71. The first kappa shape index (κ1) is 16.7. The lowest BCUT2D eigenvalue weighted by molar-refractivity contribution is 0.100. The number of ketones is 1. The fourth-order valence-corrected chi connectivity index (χ4v) is 2.57. The monoisotopic (exact) mass is 321 g/mol. The van der Waals surface area contributed by atoms with Gasteiger partial charge < -0.3 is 9.67 Å². The van der Waals surface area contributed by atoms with Crippen molar-refractivity contribution in [2.24, 2.45) is 7.05 Å². The number of aliphatic hydroxyl groups excluding tert-OH is 1. The topological polar surface area (TPSA) is 67.2 Å². The first-order valence-corrected chi connectivity index (χ1v) is 7.53. The van der Waals surface area contributed by atoms with Crippen LogP contribution in [0.1, 0.15) is 29.5 Å². The number of aromatic nitrogens is 2. The highest BCUT2D eigenvalue weighted by molar-refractivity contribution is 6.13. The number of halogens is 1. The zero-order valence-corrected chi connectivity index (χ0v) is 13.5. The number of carbonyl (C=O) groups excluding carboxylic acids is 1. The number of hydrogen-bond donors (Lipinski definition) is 2. The van der Waals surface area contributed by atoms with E-state index in [1.165, 1.54) is 6.92 Å². The smallest absolute Gasteiger partial charge is 0.195 e. The number of hydrogen-bond acceptors (Lipinski definition) is 4. The lowest BCUT2D eigenvalue weighted by atomic mass is 10.0. The average Bonchev–Trinajstić information content (AvgIpc) is 2.89. The molecule has 0 saturated heterocycles. The van der Waals surface area contributed by atoms with Gasteiger partial charge in [0.05, 0.1) is 5.69 Å². The molecule has 0 aliphatic heterocycles. The minimum Gasteiger partial charge on any atom is -0.396 e. The molecule has 0 saturated carbocycles. The second kappa shape index (κ2) is 7.54. The molecule has 22 heavy (non-hydrogen) atoms. The van der Waals surface area contributed by atoms with E-state index in [4.69, 9.17) is 16.9 Å². The summed E-state index contributed by atoms with van der Waals surface area (Å²) < 4.78 is 1.74. The van der Waals surface area contributed by atoms with Gasteiger partial charge in [-0.1, -0.05) is 24.3 Å². The van der Waals surface area contributed by atoms with Gasteiger partial charge >= 0.3 is 0 Å². The Morgan fingerprint density at radius 2 is 2.09 bits per heavy atom. The van der Waals surface area contributed by atoms with E-state index >= 15 is 0 Å². The molecule has 6 heteroatoms. The third-order valence-corrected chi connectivity index (χ3v) is 3.86. The predicted molar refractivity (Wildman–Crippen MR) is 86.8 cm³/mol. The second-order valence-electron chi connectivity index (χ2n) is 5.34. The summed E-state index contributed by atoms with van der Waals surface area (Å²) in [6.45, 7) is 1.61. The van der Waals surface area contributed by atoms with Gasteiger partial charge in [-0.05, 0) is 30.2 Å². The van der Waals surface area contributed by atoms with Crippen LogP contribution < -0.4 is 4.84 Å². The van der Waals surface area contributed by atoms with Crippen LogP contribution in [0.4, 0.5) is 0 Å². The number of Topliss-reactive ketones (excluding diaryl/α,β-unsaturated/α-hetero) is 1. The molecule has 2 rings (SSSR count). The molecule has 0 bridgehead atoms. The summed E-state index contributed by atoms with van der Waals surface area (Å²) in [5.74, 6) is 0.402. The van der Waals surface area contributed by atoms with Crippen LogP contribution in [0.3, 0.4) is 0 Å². The van der Waals surface area contributed by atoms with Crippen molar-refractivity contribution in [2.75, 3.05) is 6.61 Å². The molecule has 0 spiro atoms. The average molecular weight is 322 g/mol. The molecular weight excluding hydrogens is 302 g/mol. The molecule has 0 amide bonds. The van der Waals surface area contributed by atoms with Gasteiger partial charge in [-0.25, -0.2) is 9.82 Å². The summed E-state index contributed by atoms with van der Waals surface area (Å²) in [6.07, 6.45) is 3.19. The van der Waals surface area contributed by atoms with Crippen LogP contribution in [0.2, 0.25) is 0 Å². The molecule has 1 heterocycles. The van der Waals surface area contributed by atoms with E-state index in [9.17, 15) is 4.79 Å². The lowest BCUT2D eigenvalue weighted by Gasteiger charge is -2.13. The van der Waals surface area contributed by atoms with E-state index in [0.717, 1.165) is 23.2 Å². The number of benzene rings is 1. The van der Waals surface area contributed by atoms with Crippen molar-refractivity contribution in [3.8, 4) is 11.3 Å². The van der Waals surface area contributed by atoms with E-state index in [2.05, 4.69) is 9.82 Å². The van der Waals surface area contributed by atoms with Gasteiger partial charge in [0.2, 0.25) is 0 Å². The van der Waals surface area contributed by atoms with Crippen molar-refractivity contribution < 1.29 is 9.90 Å². The highest BCUT2D eigenvalue weighted by Gasteiger charge is 2.12. The zero-order valence-electron chi connectivity index (χ0n) is 12.7. The van der Waals surface area contributed by atoms with Crippen LogP contribution in [-0.4, -0.2) is 33.1 Å².